The number of hydrogen-bond donors (Lipinski definition) is 1. The number of nitrogens with one attached hydrogen (secondary N) is 1. The molecule has 1 N–H and O–H groups in total. The van der Waals surface area contributed by atoms with Crippen LogP contribution in [-0.4, -0.2) is 6.04 Å². The van der Waals surface area contributed by atoms with E-state index in [0.717, 1.165) is 5.56 Å². The Morgan fingerprint density at radius 2 is 1.90 bits per heavy atom. The predicted octanol–water partition coefficient (Wildman–Crippen LogP) is 5.42. The molecule has 0 aliphatic carbocycles. The van der Waals surface area contributed by atoms with E-state index < -0.39 is 5.82 Å². The Bertz CT molecular complexity index is 632. The summed E-state index contributed by atoms with van der Waals surface area (Å²) in [6.45, 7) is 4.78. The number of halogens is 3. The molecule has 21 heavy (non-hydrogen) atoms. The number of benzene rings is 2. The summed E-state index contributed by atoms with van der Waals surface area (Å²) < 4.78 is 19.0. The first-order valence-corrected chi connectivity index (χ1v) is 7.36. The van der Waals surface area contributed by atoms with Gasteiger partial charge in [-0.05, 0) is 24.3 Å². The normalized spacial score (nSPS) is 11.0. The van der Waals surface area contributed by atoms with E-state index in [4.69, 9.17) is 27.9 Å². The molecule has 2 nitrogen and oxygen atoms in total. The number of ether oxygens (including phenoxy) is 1. The molecular formula is C16H16Cl2FNO. The van der Waals surface area contributed by atoms with E-state index in [1.807, 2.05) is 12.1 Å². The molecule has 0 saturated carbocycles. The molecule has 0 aliphatic rings. The first-order chi connectivity index (χ1) is 9.95. The number of hydrogen-bond acceptors (Lipinski definition) is 2. The second-order valence-corrected chi connectivity index (χ2v) is 5.81. The highest BCUT2D eigenvalue weighted by Crippen LogP contribution is 2.30. The topological polar surface area (TPSA) is 21.3 Å². The van der Waals surface area contributed by atoms with Crippen molar-refractivity contribution in [2.45, 2.75) is 26.4 Å². The SMILES string of the molecule is CC(C)NCc1ccc(Cl)cc1Oc1ccc(F)c(Cl)c1. The molecule has 0 unspecified atom stereocenters. The molecule has 0 saturated heterocycles. The van der Waals surface area contributed by atoms with E-state index in [0.29, 0.717) is 29.1 Å². The molecule has 0 heterocycles. The first-order valence-electron chi connectivity index (χ1n) is 6.60. The minimum Gasteiger partial charge on any atom is -0.457 e. The van der Waals surface area contributed by atoms with Crippen molar-refractivity contribution in [2.75, 3.05) is 0 Å². The quantitative estimate of drug-likeness (QED) is 0.791. The third-order valence-corrected chi connectivity index (χ3v) is 3.37. The van der Waals surface area contributed by atoms with Gasteiger partial charge >= 0.3 is 0 Å². The maximum absolute atomic E-state index is 13.2. The van der Waals surface area contributed by atoms with E-state index >= 15 is 0 Å². The van der Waals surface area contributed by atoms with Crippen LogP contribution in [0.25, 0.3) is 0 Å². The lowest BCUT2D eigenvalue weighted by Crippen LogP contribution is -2.22. The maximum Gasteiger partial charge on any atom is 0.142 e. The Hall–Kier alpha value is -1.29. The lowest BCUT2D eigenvalue weighted by molar-refractivity contribution is 0.468. The Morgan fingerprint density at radius 3 is 2.57 bits per heavy atom. The lowest BCUT2D eigenvalue weighted by atomic mass is 10.2. The van der Waals surface area contributed by atoms with Gasteiger partial charge in [-0.2, -0.15) is 0 Å². The molecule has 0 spiro atoms. The van der Waals surface area contributed by atoms with Crippen molar-refractivity contribution in [1.29, 1.82) is 0 Å². The van der Waals surface area contributed by atoms with Crippen LogP contribution in [0.3, 0.4) is 0 Å². The second-order valence-electron chi connectivity index (χ2n) is 4.97. The van der Waals surface area contributed by atoms with Gasteiger partial charge in [-0.15, -0.1) is 0 Å². The molecule has 0 aliphatic heterocycles. The summed E-state index contributed by atoms with van der Waals surface area (Å²) in [6.07, 6.45) is 0. The Kier molecular flexibility index (Phi) is 5.45. The summed E-state index contributed by atoms with van der Waals surface area (Å²) in [5.41, 5.74) is 0.966. The van der Waals surface area contributed by atoms with Crippen LogP contribution in [0, 0.1) is 5.82 Å². The lowest BCUT2D eigenvalue weighted by Gasteiger charge is -2.14. The molecule has 0 radical (unpaired) electrons. The van der Waals surface area contributed by atoms with Crippen LogP contribution in [0.1, 0.15) is 19.4 Å². The third-order valence-electron chi connectivity index (χ3n) is 2.85. The molecular weight excluding hydrogens is 312 g/mol. The van der Waals surface area contributed by atoms with Crippen molar-refractivity contribution in [2.24, 2.45) is 0 Å². The molecule has 2 aromatic rings. The van der Waals surface area contributed by atoms with Gasteiger partial charge in [-0.25, -0.2) is 4.39 Å². The fraction of sp³-hybridized carbons (Fsp3) is 0.250. The molecule has 0 fully saturated rings. The molecule has 0 aromatic heterocycles. The van der Waals surface area contributed by atoms with Crippen LogP contribution in [0.2, 0.25) is 10.0 Å². The minimum absolute atomic E-state index is 0.0244. The Labute approximate surface area is 133 Å². The monoisotopic (exact) mass is 327 g/mol. The van der Waals surface area contributed by atoms with Crippen LogP contribution in [0.15, 0.2) is 36.4 Å². The van der Waals surface area contributed by atoms with Crippen molar-refractivity contribution in [3.05, 3.63) is 57.8 Å². The predicted molar refractivity (Wildman–Crippen MR) is 84.9 cm³/mol. The van der Waals surface area contributed by atoms with Crippen LogP contribution in [0.5, 0.6) is 11.5 Å². The molecule has 2 aromatic carbocycles. The van der Waals surface area contributed by atoms with Gasteiger partial charge in [0.1, 0.15) is 17.3 Å². The fourth-order valence-corrected chi connectivity index (χ4v) is 2.08. The third kappa shape index (κ3) is 4.60. The highest BCUT2D eigenvalue weighted by molar-refractivity contribution is 6.31. The van der Waals surface area contributed by atoms with E-state index in [2.05, 4.69) is 19.2 Å². The molecule has 0 atom stereocenters. The van der Waals surface area contributed by atoms with Crippen LogP contribution >= 0.6 is 23.2 Å². The van der Waals surface area contributed by atoms with E-state index in [1.54, 1.807) is 6.07 Å². The minimum atomic E-state index is -0.475. The smallest absolute Gasteiger partial charge is 0.142 e. The Morgan fingerprint density at radius 1 is 1.14 bits per heavy atom. The van der Waals surface area contributed by atoms with Gasteiger partial charge < -0.3 is 10.1 Å². The van der Waals surface area contributed by atoms with E-state index in [9.17, 15) is 4.39 Å². The van der Waals surface area contributed by atoms with Gasteiger partial charge in [0.15, 0.2) is 0 Å². The summed E-state index contributed by atoms with van der Waals surface area (Å²) in [5.74, 6) is 0.615. The molecule has 0 amide bonds. The molecule has 2 rings (SSSR count). The van der Waals surface area contributed by atoms with Crippen molar-refractivity contribution in [1.82, 2.24) is 5.32 Å². The van der Waals surface area contributed by atoms with Crippen LogP contribution in [-0.2, 0) is 6.54 Å². The van der Waals surface area contributed by atoms with Crippen molar-refractivity contribution in [3.8, 4) is 11.5 Å². The van der Waals surface area contributed by atoms with E-state index in [1.165, 1.54) is 18.2 Å². The summed E-state index contributed by atoms with van der Waals surface area (Å²) in [4.78, 5) is 0. The zero-order valence-electron chi connectivity index (χ0n) is 11.8. The summed E-state index contributed by atoms with van der Waals surface area (Å²) in [7, 11) is 0. The average molecular weight is 328 g/mol. The van der Waals surface area contributed by atoms with Gasteiger partial charge in [0, 0.05) is 29.2 Å². The highest BCUT2D eigenvalue weighted by atomic mass is 35.5. The summed E-state index contributed by atoms with van der Waals surface area (Å²) in [5, 5.41) is 3.92. The van der Waals surface area contributed by atoms with Gasteiger partial charge in [0.05, 0.1) is 5.02 Å². The zero-order chi connectivity index (χ0) is 15.4. The average Bonchev–Trinajstić information content (AvgIpc) is 2.42. The maximum atomic E-state index is 13.2. The van der Waals surface area contributed by atoms with Gasteiger partial charge in [-0.3, -0.25) is 0 Å². The van der Waals surface area contributed by atoms with Crippen LogP contribution in [0.4, 0.5) is 4.39 Å². The van der Waals surface area contributed by atoms with Gasteiger partial charge in [0.25, 0.3) is 0 Å². The standard InChI is InChI=1S/C16H16Cl2FNO/c1-10(2)20-9-11-3-4-12(17)7-16(11)21-13-5-6-15(19)14(18)8-13/h3-8,10,20H,9H2,1-2H3. The van der Waals surface area contributed by atoms with Crippen molar-refractivity contribution >= 4 is 23.2 Å². The summed E-state index contributed by atoms with van der Waals surface area (Å²) >= 11 is 11.8. The Balaban J connectivity index is 2.24. The highest BCUT2D eigenvalue weighted by Gasteiger charge is 2.08. The van der Waals surface area contributed by atoms with Crippen LogP contribution < -0.4 is 10.1 Å². The fourth-order valence-electron chi connectivity index (χ4n) is 1.75. The summed E-state index contributed by atoms with van der Waals surface area (Å²) in [6, 6.07) is 10.0. The second kappa shape index (κ2) is 7.12. The molecule has 112 valence electrons. The van der Waals surface area contributed by atoms with Crippen molar-refractivity contribution in [3.63, 3.8) is 0 Å². The largest absolute Gasteiger partial charge is 0.457 e. The van der Waals surface area contributed by atoms with E-state index in [-0.39, 0.29) is 5.02 Å². The molecule has 5 heteroatoms. The first kappa shape index (κ1) is 16.1. The van der Waals surface area contributed by atoms with Gasteiger partial charge in [0.2, 0.25) is 0 Å². The molecule has 0 bridgehead atoms. The number of rotatable bonds is 5. The zero-order valence-corrected chi connectivity index (χ0v) is 13.3. The van der Waals surface area contributed by atoms with Gasteiger partial charge in [-0.1, -0.05) is 43.1 Å². The van der Waals surface area contributed by atoms with Crippen molar-refractivity contribution < 1.29 is 9.13 Å².